The number of likely N-dealkylation sites (tertiary alicyclic amines) is 1. The van der Waals surface area contributed by atoms with E-state index < -0.39 is 6.04 Å². The number of hydrogen-bond donors (Lipinski definition) is 1. The quantitative estimate of drug-likeness (QED) is 0.562. The molecule has 0 radical (unpaired) electrons. The van der Waals surface area contributed by atoms with Crippen LogP contribution in [0, 0.1) is 0 Å². The third kappa shape index (κ3) is 3.42. The molecule has 8 nitrogen and oxygen atoms in total. The van der Waals surface area contributed by atoms with Gasteiger partial charge in [0.05, 0.1) is 18.7 Å². The maximum absolute atomic E-state index is 13.2. The van der Waals surface area contributed by atoms with Gasteiger partial charge in [-0.1, -0.05) is 24.3 Å². The summed E-state index contributed by atoms with van der Waals surface area (Å²) >= 11 is 0. The smallest absolute Gasteiger partial charge is 0.255 e. The Morgan fingerprint density at radius 2 is 1.92 bits per heavy atom. The summed E-state index contributed by atoms with van der Waals surface area (Å²) in [6, 6.07) is 12.1. The van der Waals surface area contributed by atoms with E-state index in [1.807, 2.05) is 6.07 Å². The first-order valence-corrected chi connectivity index (χ1v) is 13.1. The van der Waals surface area contributed by atoms with Crippen molar-refractivity contribution in [3.8, 4) is 5.75 Å². The van der Waals surface area contributed by atoms with E-state index in [0.29, 0.717) is 25.1 Å². The van der Waals surface area contributed by atoms with Gasteiger partial charge in [-0.2, -0.15) is 0 Å². The third-order valence-corrected chi connectivity index (χ3v) is 8.92. The molecule has 5 heterocycles. The van der Waals surface area contributed by atoms with Gasteiger partial charge in [0, 0.05) is 48.3 Å². The number of ether oxygens (including phenoxy) is 1. The van der Waals surface area contributed by atoms with Crippen LogP contribution in [0.5, 0.6) is 5.75 Å². The van der Waals surface area contributed by atoms with E-state index in [4.69, 9.17) is 4.74 Å². The highest BCUT2D eigenvalue weighted by Gasteiger charge is 2.47. The number of carbonyl (C=O) groups excluding carboxylic acids is 3. The first kappa shape index (κ1) is 22.5. The number of piperidine rings is 2. The molecule has 0 aliphatic carbocycles. The number of fused-ring (bicyclic) bond motifs is 5. The van der Waals surface area contributed by atoms with Gasteiger partial charge in [0.1, 0.15) is 11.8 Å². The maximum Gasteiger partial charge on any atom is 0.255 e. The Balaban J connectivity index is 1.10. The van der Waals surface area contributed by atoms with Crippen LogP contribution in [0.15, 0.2) is 42.6 Å². The van der Waals surface area contributed by atoms with Crippen molar-refractivity contribution in [1.82, 2.24) is 19.7 Å². The Labute approximate surface area is 215 Å². The van der Waals surface area contributed by atoms with Crippen LogP contribution in [0.2, 0.25) is 0 Å². The van der Waals surface area contributed by atoms with Crippen molar-refractivity contribution in [2.45, 2.75) is 50.2 Å². The molecule has 1 N–H and O–H groups in total. The number of aromatic nitrogens is 1. The number of aryl methyl sites for hydroxylation is 1. The number of para-hydroxylation sites is 1. The summed E-state index contributed by atoms with van der Waals surface area (Å²) in [5.74, 6) is 0.0253. The van der Waals surface area contributed by atoms with E-state index in [9.17, 15) is 14.4 Å². The van der Waals surface area contributed by atoms with Gasteiger partial charge in [-0.15, -0.1) is 0 Å². The van der Waals surface area contributed by atoms with E-state index in [2.05, 4.69) is 58.4 Å². The molecule has 37 heavy (non-hydrogen) atoms. The normalized spacial score (nSPS) is 22.9. The lowest BCUT2D eigenvalue weighted by atomic mass is 9.74. The number of carbonyl (C=O) groups is 3. The lowest BCUT2D eigenvalue weighted by molar-refractivity contribution is -0.136. The lowest BCUT2D eigenvalue weighted by Gasteiger charge is -2.38. The van der Waals surface area contributed by atoms with Crippen LogP contribution in [0.25, 0.3) is 10.9 Å². The van der Waals surface area contributed by atoms with Crippen LogP contribution < -0.4 is 10.1 Å². The van der Waals surface area contributed by atoms with Crippen molar-refractivity contribution >= 4 is 28.6 Å². The molecule has 1 aromatic heterocycles. The average molecular weight is 499 g/mol. The molecule has 8 heteroatoms. The molecule has 1 atom stereocenters. The highest BCUT2D eigenvalue weighted by Crippen LogP contribution is 2.49. The minimum absolute atomic E-state index is 0.0387. The van der Waals surface area contributed by atoms with E-state index >= 15 is 0 Å². The van der Waals surface area contributed by atoms with Crippen LogP contribution >= 0.6 is 0 Å². The van der Waals surface area contributed by atoms with Crippen molar-refractivity contribution < 1.29 is 19.1 Å². The summed E-state index contributed by atoms with van der Waals surface area (Å²) < 4.78 is 8.53. The average Bonchev–Trinajstić information content (AvgIpc) is 3.56. The number of nitrogens with zero attached hydrogens (tertiary/aromatic N) is 3. The van der Waals surface area contributed by atoms with Gasteiger partial charge in [-0.25, -0.2) is 0 Å². The number of amides is 3. The van der Waals surface area contributed by atoms with E-state index in [-0.39, 0.29) is 29.6 Å². The Morgan fingerprint density at radius 3 is 2.73 bits per heavy atom. The van der Waals surface area contributed by atoms with Gasteiger partial charge in [0.25, 0.3) is 5.91 Å². The van der Waals surface area contributed by atoms with Gasteiger partial charge >= 0.3 is 0 Å². The number of hydrogen-bond acceptors (Lipinski definition) is 5. The number of benzene rings is 2. The second-order valence-electron chi connectivity index (χ2n) is 11.0. The summed E-state index contributed by atoms with van der Waals surface area (Å²) in [4.78, 5) is 41.4. The summed E-state index contributed by atoms with van der Waals surface area (Å²) in [5, 5.41) is 3.66. The second-order valence-corrected chi connectivity index (χ2v) is 11.0. The fourth-order valence-electron chi connectivity index (χ4n) is 6.85. The summed E-state index contributed by atoms with van der Waals surface area (Å²) in [6.45, 7) is 3.89. The zero-order chi connectivity index (χ0) is 25.3. The van der Waals surface area contributed by atoms with E-state index in [0.717, 1.165) is 43.8 Å². The standard InChI is InChI=1S/C29H30N4O4/c1-31-12-9-18-3-2-4-19(25(18)31)15-32-13-10-29(11-14-32)17-37-26-21-16-33(23-7-8-24(34)30-27(23)35)28(36)20(21)5-6-22(26)29/h2-6,9,12,23H,7-8,10-11,13-17H2,1H3,(H,30,34,35). The predicted molar refractivity (Wildman–Crippen MR) is 137 cm³/mol. The zero-order valence-corrected chi connectivity index (χ0v) is 21.0. The summed E-state index contributed by atoms with van der Waals surface area (Å²) in [6.07, 6.45) is 4.75. The van der Waals surface area contributed by atoms with Crippen molar-refractivity contribution in [2.24, 2.45) is 7.05 Å². The highest BCUT2D eigenvalue weighted by molar-refractivity contribution is 6.05. The van der Waals surface area contributed by atoms with Crippen LogP contribution in [-0.2, 0) is 35.1 Å². The Kier molecular flexibility index (Phi) is 4.98. The molecule has 3 aromatic rings. The number of rotatable bonds is 3. The van der Waals surface area contributed by atoms with Crippen LogP contribution in [-0.4, -0.2) is 57.8 Å². The largest absolute Gasteiger partial charge is 0.492 e. The molecule has 2 saturated heterocycles. The zero-order valence-electron chi connectivity index (χ0n) is 21.0. The molecule has 1 unspecified atom stereocenters. The fourth-order valence-corrected chi connectivity index (χ4v) is 6.85. The predicted octanol–water partition coefficient (Wildman–Crippen LogP) is 2.87. The van der Waals surface area contributed by atoms with Gasteiger partial charge in [-0.05, 0) is 55.4 Å². The molecule has 0 bridgehead atoms. The molecule has 4 aliphatic rings. The van der Waals surface area contributed by atoms with E-state index in [1.54, 1.807) is 4.90 Å². The number of imide groups is 1. The van der Waals surface area contributed by atoms with Gasteiger partial charge < -0.3 is 14.2 Å². The van der Waals surface area contributed by atoms with Crippen molar-refractivity contribution in [3.05, 3.63) is 64.8 Å². The lowest BCUT2D eigenvalue weighted by Crippen LogP contribution is -2.52. The molecule has 2 fully saturated rings. The van der Waals surface area contributed by atoms with Gasteiger partial charge in [0.15, 0.2) is 0 Å². The minimum Gasteiger partial charge on any atom is -0.492 e. The molecule has 2 aromatic carbocycles. The van der Waals surface area contributed by atoms with E-state index in [1.165, 1.54) is 22.0 Å². The number of nitrogens with one attached hydrogen (secondary N) is 1. The Morgan fingerprint density at radius 1 is 1.08 bits per heavy atom. The molecule has 1 spiro atoms. The van der Waals surface area contributed by atoms with Crippen LogP contribution in [0.4, 0.5) is 0 Å². The molecule has 4 aliphatic heterocycles. The summed E-state index contributed by atoms with van der Waals surface area (Å²) in [7, 11) is 2.11. The van der Waals surface area contributed by atoms with Crippen LogP contribution in [0.1, 0.15) is 52.7 Å². The molecule has 190 valence electrons. The molecular weight excluding hydrogens is 468 g/mol. The molecular formula is C29H30N4O4. The first-order valence-electron chi connectivity index (χ1n) is 13.1. The maximum atomic E-state index is 13.2. The molecule has 0 saturated carbocycles. The van der Waals surface area contributed by atoms with Gasteiger partial charge in [-0.3, -0.25) is 24.6 Å². The third-order valence-electron chi connectivity index (χ3n) is 8.92. The fraction of sp³-hybridized carbons (Fsp3) is 0.414. The minimum atomic E-state index is -0.611. The summed E-state index contributed by atoms with van der Waals surface area (Å²) in [5.41, 5.74) is 5.33. The Hall–Kier alpha value is -3.65. The second kappa shape index (κ2) is 8.18. The van der Waals surface area contributed by atoms with Crippen molar-refractivity contribution in [1.29, 1.82) is 0 Å². The topological polar surface area (TPSA) is 83.9 Å². The van der Waals surface area contributed by atoms with Crippen molar-refractivity contribution in [3.63, 3.8) is 0 Å². The van der Waals surface area contributed by atoms with Gasteiger partial charge in [0.2, 0.25) is 11.8 Å². The van der Waals surface area contributed by atoms with Crippen LogP contribution in [0.3, 0.4) is 0 Å². The van der Waals surface area contributed by atoms with Crippen molar-refractivity contribution in [2.75, 3.05) is 19.7 Å². The SMILES string of the molecule is Cn1ccc2cccc(CN3CCC4(CC3)COc3c4ccc4c3CN(C3CCC(=O)NC3=O)C4=O)c21. The first-order chi connectivity index (χ1) is 17.9. The molecule has 3 amide bonds. The monoisotopic (exact) mass is 498 g/mol. The Bertz CT molecular complexity index is 1470. The molecule has 7 rings (SSSR count). The highest BCUT2D eigenvalue weighted by atomic mass is 16.5.